The molecule has 0 aromatic heterocycles. The normalized spacial score (nSPS) is 10.5. The van der Waals surface area contributed by atoms with E-state index in [4.69, 9.17) is 0 Å². The molecule has 0 saturated heterocycles. The van der Waals surface area contributed by atoms with Crippen LogP contribution in [0.4, 0.5) is 28.4 Å². The first-order valence-electron chi connectivity index (χ1n) is 10.2. The Bertz CT molecular complexity index is 1070. The van der Waals surface area contributed by atoms with E-state index in [0.717, 1.165) is 34.9 Å². The van der Waals surface area contributed by atoms with E-state index in [2.05, 4.69) is 120 Å². The van der Waals surface area contributed by atoms with Gasteiger partial charge in [-0.2, -0.15) is 0 Å². The van der Waals surface area contributed by atoms with Crippen molar-refractivity contribution in [2.75, 3.05) is 23.0 Å². The molecule has 0 atom stereocenters. The molecule has 3 nitrogen and oxygen atoms in total. The summed E-state index contributed by atoms with van der Waals surface area (Å²) in [6.45, 7) is 2.10. The van der Waals surface area contributed by atoms with E-state index in [0.29, 0.717) is 0 Å². The van der Waals surface area contributed by atoms with Crippen molar-refractivity contribution in [3.05, 3.63) is 114 Å². The summed E-state index contributed by atoms with van der Waals surface area (Å²) in [6, 6.07) is 34.0. The van der Waals surface area contributed by atoms with Gasteiger partial charge in [0.2, 0.25) is 0 Å². The fraction of sp³-hybridized carbons (Fsp3) is 0.111. The average Bonchev–Trinajstić information content (AvgIpc) is 2.78. The van der Waals surface area contributed by atoms with E-state index in [1.54, 1.807) is 0 Å². The molecule has 4 aromatic rings. The number of rotatable bonds is 7. The Morgan fingerprint density at radius 2 is 0.800 bits per heavy atom. The molecule has 0 bridgehead atoms. The quantitative estimate of drug-likeness (QED) is 0.313. The number of anilines is 5. The van der Waals surface area contributed by atoms with Gasteiger partial charge in [-0.1, -0.05) is 42.0 Å². The molecular formula is C27H27N3. The van der Waals surface area contributed by atoms with Crippen LogP contribution in [0.5, 0.6) is 0 Å². The lowest BCUT2D eigenvalue weighted by molar-refractivity contribution is 1.19. The first-order valence-corrected chi connectivity index (χ1v) is 10.2. The van der Waals surface area contributed by atoms with Gasteiger partial charge in [0.1, 0.15) is 0 Å². The van der Waals surface area contributed by atoms with Gasteiger partial charge in [-0.15, -0.1) is 0 Å². The molecule has 0 amide bonds. The number of aryl methyl sites for hydroxylation is 1. The van der Waals surface area contributed by atoms with Crippen LogP contribution in [0.1, 0.15) is 16.7 Å². The number of hydrogen-bond donors (Lipinski definition) is 3. The van der Waals surface area contributed by atoms with Crippen molar-refractivity contribution in [2.45, 2.75) is 13.3 Å². The molecule has 3 N–H and O–H groups in total. The standard InChI is InChI=1S/C27H27N3/c1-20-3-9-24(10-4-20)29-26-15-17-27(18-16-26)30-25-13-7-22(8-14-25)19-21-5-11-23(28-2)12-6-21/h3-18,28-30H,19H2,1-2H3. The molecule has 4 rings (SSSR count). The summed E-state index contributed by atoms with van der Waals surface area (Å²) in [7, 11) is 1.94. The molecule has 0 heterocycles. The predicted molar refractivity (Wildman–Crippen MR) is 129 cm³/mol. The molecular weight excluding hydrogens is 366 g/mol. The maximum Gasteiger partial charge on any atom is 0.0385 e. The SMILES string of the molecule is CNc1ccc(Cc2ccc(Nc3ccc(Nc4ccc(C)cc4)cc3)cc2)cc1. The van der Waals surface area contributed by atoms with E-state index >= 15 is 0 Å². The van der Waals surface area contributed by atoms with E-state index in [-0.39, 0.29) is 0 Å². The van der Waals surface area contributed by atoms with Gasteiger partial charge < -0.3 is 16.0 Å². The average molecular weight is 394 g/mol. The molecule has 150 valence electrons. The van der Waals surface area contributed by atoms with Crippen molar-refractivity contribution in [1.82, 2.24) is 0 Å². The number of benzene rings is 4. The van der Waals surface area contributed by atoms with Gasteiger partial charge in [-0.3, -0.25) is 0 Å². The summed E-state index contributed by atoms with van der Waals surface area (Å²) in [5.74, 6) is 0. The molecule has 0 unspecified atom stereocenters. The summed E-state index contributed by atoms with van der Waals surface area (Å²) in [6.07, 6.45) is 0.934. The largest absolute Gasteiger partial charge is 0.388 e. The van der Waals surface area contributed by atoms with Crippen LogP contribution in [0, 0.1) is 6.92 Å². The molecule has 0 fully saturated rings. The van der Waals surface area contributed by atoms with Gasteiger partial charge in [-0.25, -0.2) is 0 Å². The van der Waals surface area contributed by atoms with Crippen LogP contribution < -0.4 is 16.0 Å². The molecule has 0 aliphatic rings. The minimum absolute atomic E-state index is 0.934. The smallest absolute Gasteiger partial charge is 0.0385 e. The van der Waals surface area contributed by atoms with Gasteiger partial charge in [0, 0.05) is 35.5 Å². The molecule has 0 aliphatic carbocycles. The van der Waals surface area contributed by atoms with Crippen LogP contribution >= 0.6 is 0 Å². The Morgan fingerprint density at radius 3 is 1.20 bits per heavy atom. The third-order valence-electron chi connectivity index (χ3n) is 5.12. The highest BCUT2D eigenvalue weighted by Crippen LogP contribution is 2.23. The second-order valence-electron chi connectivity index (χ2n) is 7.51. The van der Waals surface area contributed by atoms with Crippen molar-refractivity contribution in [2.24, 2.45) is 0 Å². The van der Waals surface area contributed by atoms with Gasteiger partial charge in [-0.05, 0) is 85.1 Å². The maximum absolute atomic E-state index is 3.47. The Labute approximate surface area is 178 Å². The van der Waals surface area contributed by atoms with Crippen LogP contribution in [0.3, 0.4) is 0 Å². The monoisotopic (exact) mass is 393 g/mol. The topological polar surface area (TPSA) is 36.1 Å². The number of nitrogens with one attached hydrogen (secondary N) is 3. The van der Waals surface area contributed by atoms with E-state index in [9.17, 15) is 0 Å². The van der Waals surface area contributed by atoms with Crippen LogP contribution in [0.15, 0.2) is 97.1 Å². The third kappa shape index (κ3) is 5.21. The summed E-state index contributed by atoms with van der Waals surface area (Å²) in [4.78, 5) is 0. The molecule has 0 aliphatic heterocycles. The predicted octanol–water partition coefficient (Wildman–Crippen LogP) is 7.11. The Balaban J connectivity index is 1.35. The Kier molecular flexibility index (Phi) is 6.00. The van der Waals surface area contributed by atoms with Gasteiger partial charge in [0.15, 0.2) is 0 Å². The molecule has 0 spiro atoms. The van der Waals surface area contributed by atoms with Gasteiger partial charge in [0.25, 0.3) is 0 Å². The first kappa shape index (κ1) is 19.6. The lowest BCUT2D eigenvalue weighted by Crippen LogP contribution is -1.94. The maximum atomic E-state index is 3.47. The highest BCUT2D eigenvalue weighted by atomic mass is 14.9. The Morgan fingerprint density at radius 1 is 0.467 bits per heavy atom. The van der Waals surface area contributed by atoms with Gasteiger partial charge >= 0.3 is 0 Å². The van der Waals surface area contributed by atoms with Crippen molar-refractivity contribution in [3.63, 3.8) is 0 Å². The first-order chi connectivity index (χ1) is 14.7. The van der Waals surface area contributed by atoms with Crippen LogP contribution in [-0.2, 0) is 6.42 Å². The van der Waals surface area contributed by atoms with Gasteiger partial charge in [0.05, 0.1) is 0 Å². The molecule has 3 heteroatoms. The molecule has 0 saturated carbocycles. The van der Waals surface area contributed by atoms with E-state index in [1.807, 2.05) is 7.05 Å². The highest BCUT2D eigenvalue weighted by Gasteiger charge is 2.00. The highest BCUT2D eigenvalue weighted by molar-refractivity contribution is 5.66. The molecule has 0 radical (unpaired) electrons. The minimum Gasteiger partial charge on any atom is -0.388 e. The van der Waals surface area contributed by atoms with Crippen LogP contribution in [0.2, 0.25) is 0 Å². The summed E-state index contributed by atoms with van der Waals surface area (Å²) < 4.78 is 0. The summed E-state index contributed by atoms with van der Waals surface area (Å²) in [5.41, 5.74) is 9.34. The fourth-order valence-corrected chi connectivity index (χ4v) is 3.34. The van der Waals surface area contributed by atoms with Crippen LogP contribution in [-0.4, -0.2) is 7.05 Å². The zero-order valence-electron chi connectivity index (χ0n) is 17.4. The minimum atomic E-state index is 0.934. The van der Waals surface area contributed by atoms with E-state index < -0.39 is 0 Å². The van der Waals surface area contributed by atoms with Crippen molar-refractivity contribution >= 4 is 28.4 Å². The lowest BCUT2D eigenvalue weighted by atomic mass is 10.0. The van der Waals surface area contributed by atoms with E-state index in [1.165, 1.54) is 16.7 Å². The lowest BCUT2D eigenvalue weighted by Gasteiger charge is -2.10. The summed E-state index contributed by atoms with van der Waals surface area (Å²) in [5, 5.41) is 10.1. The fourth-order valence-electron chi connectivity index (χ4n) is 3.34. The zero-order valence-corrected chi connectivity index (χ0v) is 17.4. The van der Waals surface area contributed by atoms with Crippen molar-refractivity contribution in [3.8, 4) is 0 Å². The molecule has 30 heavy (non-hydrogen) atoms. The molecule has 4 aromatic carbocycles. The van der Waals surface area contributed by atoms with Crippen molar-refractivity contribution < 1.29 is 0 Å². The second kappa shape index (κ2) is 9.19. The van der Waals surface area contributed by atoms with Crippen LogP contribution in [0.25, 0.3) is 0 Å². The number of hydrogen-bond acceptors (Lipinski definition) is 3. The zero-order chi connectivity index (χ0) is 20.8. The second-order valence-corrected chi connectivity index (χ2v) is 7.51. The Hall–Kier alpha value is -3.72. The third-order valence-corrected chi connectivity index (χ3v) is 5.12. The van der Waals surface area contributed by atoms with Crippen molar-refractivity contribution in [1.29, 1.82) is 0 Å². The summed E-state index contributed by atoms with van der Waals surface area (Å²) >= 11 is 0.